The molecule has 4 rings (SSSR count). The number of fused-ring (bicyclic) bond motifs is 3. The minimum absolute atomic E-state index is 0. The van der Waals surface area contributed by atoms with E-state index in [2.05, 4.69) is 15.4 Å². The number of aryl methyl sites for hydroxylation is 1. The monoisotopic (exact) mass is 410 g/mol. The van der Waals surface area contributed by atoms with E-state index in [-0.39, 0.29) is 22.2 Å². The third kappa shape index (κ3) is 2.90. The van der Waals surface area contributed by atoms with Crippen molar-refractivity contribution < 1.29 is 8.42 Å². The van der Waals surface area contributed by atoms with Crippen LogP contribution in [0.25, 0.3) is 5.65 Å². The van der Waals surface area contributed by atoms with Gasteiger partial charge < -0.3 is 5.32 Å². The van der Waals surface area contributed by atoms with Gasteiger partial charge in [0.15, 0.2) is 10.5 Å². The van der Waals surface area contributed by atoms with Crippen LogP contribution in [0.2, 0.25) is 0 Å². The molecule has 2 aromatic heterocycles. The average Bonchev–Trinajstić information content (AvgIpc) is 3.02. The summed E-state index contributed by atoms with van der Waals surface area (Å²) >= 11 is 1.33. The lowest BCUT2D eigenvalue weighted by molar-refractivity contribution is 0.594. The van der Waals surface area contributed by atoms with Crippen LogP contribution in [0, 0.1) is 6.92 Å². The highest BCUT2D eigenvalue weighted by molar-refractivity contribution is 7.99. The quantitative estimate of drug-likeness (QED) is 0.669. The van der Waals surface area contributed by atoms with E-state index in [1.165, 1.54) is 11.8 Å². The van der Waals surface area contributed by atoms with Gasteiger partial charge in [-0.25, -0.2) is 17.9 Å². The van der Waals surface area contributed by atoms with Gasteiger partial charge in [-0.15, -0.1) is 24.2 Å². The summed E-state index contributed by atoms with van der Waals surface area (Å²) in [6.07, 6.45) is 2.64. The molecule has 138 valence electrons. The summed E-state index contributed by atoms with van der Waals surface area (Å²) in [6.45, 7) is 3.51. The molecule has 1 aliphatic rings. The van der Waals surface area contributed by atoms with E-state index in [0.29, 0.717) is 10.7 Å². The predicted molar refractivity (Wildman–Crippen MR) is 104 cm³/mol. The summed E-state index contributed by atoms with van der Waals surface area (Å²) < 4.78 is 28.2. The van der Waals surface area contributed by atoms with Gasteiger partial charge in [-0.2, -0.15) is 5.10 Å². The summed E-state index contributed by atoms with van der Waals surface area (Å²) in [5.41, 5.74) is 3.43. The maximum Gasteiger partial charge on any atom is 0.213 e. The highest BCUT2D eigenvalue weighted by Crippen LogP contribution is 2.33. The van der Waals surface area contributed by atoms with E-state index >= 15 is 0 Å². The zero-order valence-electron chi connectivity index (χ0n) is 14.4. The van der Waals surface area contributed by atoms with Crippen LogP contribution in [0.5, 0.6) is 0 Å². The lowest BCUT2D eigenvalue weighted by Gasteiger charge is -2.19. The second-order valence-electron chi connectivity index (χ2n) is 5.94. The summed E-state index contributed by atoms with van der Waals surface area (Å²) in [4.78, 5) is 5.08. The van der Waals surface area contributed by atoms with Crippen molar-refractivity contribution >= 4 is 39.7 Å². The normalized spacial score (nSPS) is 14.1. The number of sulfone groups is 1. The molecule has 0 unspecified atom stereocenters. The fourth-order valence-electron chi connectivity index (χ4n) is 3.22. The lowest BCUT2D eigenvalue weighted by Crippen LogP contribution is -2.27. The van der Waals surface area contributed by atoms with E-state index in [0.717, 1.165) is 36.5 Å². The van der Waals surface area contributed by atoms with Gasteiger partial charge in [0.25, 0.3) is 0 Å². The zero-order chi connectivity index (χ0) is 17.6. The number of halogens is 1. The van der Waals surface area contributed by atoms with Gasteiger partial charge in [0.05, 0.1) is 10.6 Å². The molecule has 0 saturated carbocycles. The van der Waals surface area contributed by atoms with Crippen LogP contribution in [0.15, 0.2) is 45.1 Å². The molecule has 0 spiro atoms. The van der Waals surface area contributed by atoms with Crippen LogP contribution in [-0.4, -0.2) is 35.8 Å². The molecule has 0 saturated heterocycles. The van der Waals surface area contributed by atoms with Crippen molar-refractivity contribution in [2.45, 2.75) is 34.7 Å². The number of aromatic nitrogens is 3. The van der Waals surface area contributed by atoms with Crippen molar-refractivity contribution in [2.24, 2.45) is 0 Å². The zero-order valence-corrected chi connectivity index (χ0v) is 16.8. The number of hydrogen-bond acceptors (Lipinski definition) is 6. The summed E-state index contributed by atoms with van der Waals surface area (Å²) in [6, 6.07) is 8.47. The van der Waals surface area contributed by atoms with Crippen LogP contribution in [0.4, 0.5) is 0 Å². The number of nitrogens with one attached hydrogen (secondary N) is 1. The topological polar surface area (TPSA) is 76.4 Å². The molecule has 6 nitrogen and oxygen atoms in total. The van der Waals surface area contributed by atoms with Gasteiger partial charge in [-0.05, 0) is 25.3 Å². The minimum atomic E-state index is -3.69. The highest BCUT2D eigenvalue weighted by Gasteiger charge is 2.30. The Kier molecular flexibility index (Phi) is 5.30. The van der Waals surface area contributed by atoms with Crippen molar-refractivity contribution in [1.82, 2.24) is 19.9 Å². The second-order valence-corrected chi connectivity index (χ2v) is 8.62. The number of thioether (sulfide) groups is 1. The lowest BCUT2D eigenvalue weighted by atomic mass is 10.1. The first kappa shape index (κ1) is 19.2. The number of rotatable bonds is 3. The average molecular weight is 411 g/mol. The molecule has 1 N–H and O–H groups in total. The molecule has 3 aromatic rings. The van der Waals surface area contributed by atoms with Crippen molar-refractivity contribution in [3.05, 3.63) is 47.3 Å². The molecule has 0 atom stereocenters. The van der Waals surface area contributed by atoms with E-state index in [9.17, 15) is 8.42 Å². The predicted octanol–water partition coefficient (Wildman–Crippen LogP) is 2.66. The van der Waals surface area contributed by atoms with Crippen LogP contribution in [0.3, 0.4) is 0 Å². The first-order valence-electron chi connectivity index (χ1n) is 8.00. The molecule has 0 aliphatic carbocycles. The van der Waals surface area contributed by atoms with Crippen molar-refractivity contribution in [3.8, 4) is 0 Å². The Morgan fingerprint density at radius 2 is 1.96 bits per heavy atom. The summed E-state index contributed by atoms with van der Waals surface area (Å²) in [5.74, 6) is 0. The van der Waals surface area contributed by atoms with E-state index < -0.39 is 9.84 Å². The van der Waals surface area contributed by atoms with E-state index in [4.69, 9.17) is 0 Å². The third-order valence-electron chi connectivity index (χ3n) is 4.46. The van der Waals surface area contributed by atoms with Crippen LogP contribution in [0.1, 0.15) is 17.0 Å². The third-order valence-corrected chi connectivity index (χ3v) is 7.07. The Morgan fingerprint density at radius 1 is 1.23 bits per heavy atom. The van der Waals surface area contributed by atoms with Crippen LogP contribution in [-0.2, 0) is 22.8 Å². The molecule has 1 aliphatic heterocycles. The Labute approximate surface area is 162 Å². The molecular weight excluding hydrogens is 392 g/mol. The van der Waals surface area contributed by atoms with Crippen LogP contribution < -0.4 is 5.32 Å². The van der Waals surface area contributed by atoms with Gasteiger partial charge >= 0.3 is 0 Å². The van der Waals surface area contributed by atoms with Gasteiger partial charge in [0.1, 0.15) is 5.03 Å². The van der Waals surface area contributed by atoms with Gasteiger partial charge in [-0.1, -0.05) is 18.2 Å². The van der Waals surface area contributed by atoms with Crippen molar-refractivity contribution in [1.29, 1.82) is 0 Å². The Bertz CT molecular complexity index is 1070. The second kappa shape index (κ2) is 7.19. The maximum absolute atomic E-state index is 13.2. The van der Waals surface area contributed by atoms with E-state index in [1.807, 2.05) is 13.2 Å². The molecule has 0 fully saturated rings. The largest absolute Gasteiger partial charge is 0.312 e. The van der Waals surface area contributed by atoms with Crippen LogP contribution >= 0.6 is 24.2 Å². The highest BCUT2D eigenvalue weighted by atomic mass is 35.5. The molecule has 1 aromatic carbocycles. The molecular formula is C17H19ClN4O2S2. The fraction of sp³-hybridized carbons (Fsp3) is 0.294. The molecule has 9 heteroatoms. The van der Waals surface area contributed by atoms with Crippen molar-refractivity contribution in [2.75, 3.05) is 12.8 Å². The standard InChI is InChI=1S/C17H18N4O2S2.ClH/c1-11-13-10-18-9-8-14(13)21-16(19-11)15(17(20-21)24-2)25(22,23)12-6-4-3-5-7-12;/h3-7,18H,8-10H2,1-2H3;1H. The Morgan fingerprint density at radius 3 is 2.65 bits per heavy atom. The minimum Gasteiger partial charge on any atom is -0.312 e. The summed E-state index contributed by atoms with van der Waals surface area (Å²) in [5, 5.41) is 8.41. The summed E-state index contributed by atoms with van der Waals surface area (Å²) in [7, 11) is -3.69. The van der Waals surface area contributed by atoms with Crippen molar-refractivity contribution in [3.63, 3.8) is 0 Å². The van der Waals surface area contributed by atoms with Gasteiger partial charge in [0, 0.05) is 30.8 Å². The smallest absolute Gasteiger partial charge is 0.213 e. The van der Waals surface area contributed by atoms with E-state index in [1.54, 1.807) is 34.8 Å². The molecule has 26 heavy (non-hydrogen) atoms. The first-order chi connectivity index (χ1) is 12.0. The molecule has 3 heterocycles. The maximum atomic E-state index is 13.2. The molecule has 0 bridgehead atoms. The number of nitrogens with zero attached hydrogens (tertiary/aromatic N) is 3. The van der Waals surface area contributed by atoms with Gasteiger partial charge in [-0.3, -0.25) is 0 Å². The fourth-order valence-corrected chi connectivity index (χ4v) is 5.63. The Balaban J connectivity index is 0.00000196. The number of hydrogen-bond donors (Lipinski definition) is 1. The molecule has 0 radical (unpaired) electrons. The number of benzene rings is 1. The SMILES string of the molecule is CSc1nn2c3c(c(C)nc2c1S(=O)(=O)c1ccccc1)CNCC3.Cl. The first-order valence-corrected chi connectivity index (χ1v) is 10.7. The van der Waals surface area contributed by atoms with Gasteiger partial charge in [0.2, 0.25) is 9.84 Å². The Hall–Kier alpha value is -1.61. The molecule has 0 amide bonds.